The number of rotatable bonds is 9. The number of carboxylic acids is 1. The lowest BCUT2D eigenvalue weighted by Gasteiger charge is -2.13. The summed E-state index contributed by atoms with van der Waals surface area (Å²) in [7, 11) is 0. The van der Waals surface area contributed by atoms with Gasteiger partial charge in [0, 0.05) is 25.0 Å². The Morgan fingerprint density at radius 2 is 1.86 bits per heavy atom. The first kappa shape index (κ1) is 19.6. The predicted octanol–water partition coefficient (Wildman–Crippen LogP) is -1.48. The predicted molar refractivity (Wildman–Crippen MR) is 75.0 cm³/mol. The standard InChI is InChI=1S/C15H22N2O3.BrH/c1-2-8-13(15(19)20)16-14(18)9-4-7-12-17-10-5-3-6-11-17;/h3,5-6,10-11,13H,2,4,7-9,12H2,1H3,(H-,16,18,19,20);1H. The zero-order valence-corrected chi connectivity index (χ0v) is 13.9. The van der Waals surface area contributed by atoms with Crippen LogP contribution in [0.5, 0.6) is 0 Å². The van der Waals surface area contributed by atoms with E-state index in [2.05, 4.69) is 9.88 Å². The molecule has 0 spiro atoms. The second-order valence-electron chi connectivity index (χ2n) is 4.82. The fraction of sp³-hybridized carbons (Fsp3) is 0.533. The van der Waals surface area contributed by atoms with Gasteiger partial charge in [-0.15, -0.1) is 0 Å². The molecule has 1 atom stereocenters. The number of hydrogen-bond acceptors (Lipinski definition) is 2. The van der Waals surface area contributed by atoms with Gasteiger partial charge in [-0.1, -0.05) is 19.4 Å². The summed E-state index contributed by atoms with van der Waals surface area (Å²) in [4.78, 5) is 22.6. The normalized spacial score (nSPS) is 11.3. The Morgan fingerprint density at radius 1 is 1.19 bits per heavy atom. The van der Waals surface area contributed by atoms with E-state index in [-0.39, 0.29) is 22.9 Å². The summed E-state index contributed by atoms with van der Waals surface area (Å²) in [5.41, 5.74) is 0. The molecule has 1 unspecified atom stereocenters. The summed E-state index contributed by atoms with van der Waals surface area (Å²) in [6.07, 6.45) is 7.22. The first-order chi connectivity index (χ1) is 9.63. The van der Waals surface area contributed by atoms with Gasteiger partial charge in [0.2, 0.25) is 5.91 Å². The topological polar surface area (TPSA) is 70.3 Å². The van der Waals surface area contributed by atoms with Crippen LogP contribution in [0.25, 0.3) is 0 Å². The molecule has 1 rings (SSSR count). The first-order valence-corrected chi connectivity index (χ1v) is 7.09. The minimum Gasteiger partial charge on any atom is -1.00 e. The van der Waals surface area contributed by atoms with E-state index in [0.29, 0.717) is 12.8 Å². The SMILES string of the molecule is CCCC(NC(=O)CCCC[n+]1ccccc1)C(=O)O.[Br-]. The van der Waals surface area contributed by atoms with Crippen molar-refractivity contribution in [1.29, 1.82) is 0 Å². The van der Waals surface area contributed by atoms with Crippen molar-refractivity contribution >= 4 is 11.9 Å². The largest absolute Gasteiger partial charge is 1.00 e. The lowest BCUT2D eigenvalue weighted by Crippen LogP contribution is -3.00. The maximum Gasteiger partial charge on any atom is 0.326 e. The maximum atomic E-state index is 11.7. The van der Waals surface area contributed by atoms with Gasteiger partial charge in [-0.25, -0.2) is 9.36 Å². The Labute approximate surface area is 136 Å². The molecule has 0 aromatic carbocycles. The number of aromatic nitrogens is 1. The molecule has 1 aromatic heterocycles. The summed E-state index contributed by atoms with van der Waals surface area (Å²) >= 11 is 0. The molecule has 0 saturated heterocycles. The summed E-state index contributed by atoms with van der Waals surface area (Å²) in [5.74, 6) is -1.14. The molecule has 21 heavy (non-hydrogen) atoms. The van der Waals surface area contributed by atoms with Crippen LogP contribution in [0, 0.1) is 0 Å². The molecule has 0 radical (unpaired) electrons. The van der Waals surface area contributed by atoms with Crippen molar-refractivity contribution in [2.75, 3.05) is 0 Å². The zero-order chi connectivity index (χ0) is 14.8. The van der Waals surface area contributed by atoms with Crippen molar-refractivity contribution in [1.82, 2.24) is 5.32 Å². The molecule has 0 saturated carbocycles. The van der Waals surface area contributed by atoms with E-state index < -0.39 is 12.0 Å². The Kier molecular flexibility index (Phi) is 10.5. The molecule has 6 heteroatoms. The van der Waals surface area contributed by atoms with Crippen LogP contribution in [0.1, 0.15) is 39.0 Å². The minimum absolute atomic E-state index is 0. The van der Waals surface area contributed by atoms with E-state index >= 15 is 0 Å². The maximum absolute atomic E-state index is 11.7. The lowest BCUT2D eigenvalue weighted by molar-refractivity contribution is -0.697. The molecular weight excluding hydrogens is 336 g/mol. The molecule has 0 aliphatic heterocycles. The van der Waals surface area contributed by atoms with Gasteiger partial charge in [-0.3, -0.25) is 4.79 Å². The van der Waals surface area contributed by atoms with E-state index in [0.717, 1.165) is 25.8 Å². The zero-order valence-electron chi connectivity index (χ0n) is 12.3. The van der Waals surface area contributed by atoms with Gasteiger partial charge in [0.1, 0.15) is 12.6 Å². The molecular formula is C15H23BrN2O3. The van der Waals surface area contributed by atoms with Crippen LogP contribution in [0.15, 0.2) is 30.6 Å². The lowest BCUT2D eigenvalue weighted by atomic mass is 10.1. The molecule has 0 bridgehead atoms. The molecule has 118 valence electrons. The van der Waals surface area contributed by atoms with Crippen LogP contribution < -0.4 is 26.9 Å². The number of aryl methyl sites for hydroxylation is 1. The average Bonchev–Trinajstić information content (AvgIpc) is 2.44. The van der Waals surface area contributed by atoms with Crippen LogP contribution in [0.3, 0.4) is 0 Å². The molecule has 1 heterocycles. The van der Waals surface area contributed by atoms with E-state index in [1.807, 2.05) is 37.5 Å². The summed E-state index contributed by atoms with van der Waals surface area (Å²) in [6, 6.07) is 5.14. The Morgan fingerprint density at radius 3 is 2.43 bits per heavy atom. The van der Waals surface area contributed by atoms with Crippen molar-refractivity contribution in [3.63, 3.8) is 0 Å². The van der Waals surface area contributed by atoms with Crippen LogP contribution in [-0.2, 0) is 16.1 Å². The van der Waals surface area contributed by atoms with Gasteiger partial charge in [0.25, 0.3) is 0 Å². The number of carbonyl (C=O) groups excluding carboxylic acids is 1. The average molecular weight is 359 g/mol. The van der Waals surface area contributed by atoms with Gasteiger partial charge < -0.3 is 27.4 Å². The van der Waals surface area contributed by atoms with E-state index in [4.69, 9.17) is 5.11 Å². The first-order valence-electron chi connectivity index (χ1n) is 7.09. The molecule has 2 N–H and O–H groups in total. The number of halogens is 1. The van der Waals surface area contributed by atoms with Crippen LogP contribution in [-0.4, -0.2) is 23.0 Å². The fourth-order valence-corrected chi connectivity index (χ4v) is 1.98. The van der Waals surface area contributed by atoms with Crippen LogP contribution in [0.4, 0.5) is 0 Å². The van der Waals surface area contributed by atoms with Gasteiger partial charge in [-0.2, -0.15) is 0 Å². The molecule has 0 aliphatic carbocycles. The Bertz CT molecular complexity index is 426. The molecule has 1 amide bonds. The van der Waals surface area contributed by atoms with Gasteiger partial charge in [0.05, 0.1) is 0 Å². The third-order valence-electron chi connectivity index (χ3n) is 3.06. The van der Waals surface area contributed by atoms with Crippen molar-refractivity contribution in [2.24, 2.45) is 0 Å². The highest BCUT2D eigenvalue weighted by atomic mass is 79.9. The molecule has 5 nitrogen and oxygen atoms in total. The van der Waals surface area contributed by atoms with Gasteiger partial charge in [0.15, 0.2) is 12.4 Å². The Hall–Kier alpha value is -1.43. The number of aliphatic carboxylic acids is 1. The number of hydrogen-bond donors (Lipinski definition) is 2. The number of amides is 1. The van der Waals surface area contributed by atoms with E-state index in [1.165, 1.54) is 0 Å². The number of nitrogens with one attached hydrogen (secondary N) is 1. The summed E-state index contributed by atoms with van der Waals surface area (Å²) in [6.45, 7) is 2.77. The van der Waals surface area contributed by atoms with Crippen LogP contribution in [0.2, 0.25) is 0 Å². The highest BCUT2D eigenvalue weighted by Gasteiger charge is 2.18. The second kappa shape index (κ2) is 11.3. The monoisotopic (exact) mass is 358 g/mol. The molecule has 0 aliphatic rings. The van der Waals surface area contributed by atoms with Crippen molar-refractivity contribution in [3.05, 3.63) is 30.6 Å². The number of nitrogens with zero attached hydrogens (tertiary/aromatic N) is 1. The van der Waals surface area contributed by atoms with E-state index in [1.54, 1.807) is 0 Å². The third-order valence-corrected chi connectivity index (χ3v) is 3.06. The minimum atomic E-state index is -0.958. The summed E-state index contributed by atoms with van der Waals surface area (Å²) < 4.78 is 2.06. The Balaban J connectivity index is 0.00000400. The highest BCUT2D eigenvalue weighted by molar-refractivity contribution is 5.83. The molecule has 1 aromatic rings. The number of unbranched alkanes of at least 4 members (excludes halogenated alkanes) is 1. The third kappa shape index (κ3) is 8.45. The smallest absolute Gasteiger partial charge is 0.326 e. The highest BCUT2D eigenvalue weighted by Crippen LogP contribution is 2.00. The summed E-state index contributed by atoms with van der Waals surface area (Å²) in [5, 5.41) is 11.5. The van der Waals surface area contributed by atoms with Crippen molar-refractivity contribution in [3.8, 4) is 0 Å². The molecule has 0 fully saturated rings. The van der Waals surface area contributed by atoms with Crippen LogP contribution >= 0.6 is 0 Å². The number of carbonyl (C=O) groups is 2. The van der Waals surface area contributed by atoms with Gasteiger partial charge >= 0.3 is 5.97 Å². The second-order valence-corrected chi connectivity index (χ2v) is 4.82. The number of pyridine rings is 1. The van der Waals surface area contributed by atoms with E-state index in [9.17, 15) is 9.59 Å². The number of carboxylic acid groups (broad SMARTS) is 1. The quantitative estimate of drug-likeness (QED) is 0.417. The van der Waals surface area contributed by atoms with Crippen molar-refractivity contribution < 1.29 is 36.2 Å². The van der Waals surface area contributed by atoms with Crippen molar-refractivity contribution in [2.45, 2.75) is 51.6 Å². The van der Waals surface area contributed by atoms with Gasteiger partial charge in [-0.05, 0) is 12.8 Å². The fourth-order valence-electron chi connectivity index (χ4n) is 1.98.